The van der Waals surface area contributed by atoms with Gasteiger partial charge in [-0.15, -0.1) is 0 Å². The van der Waals surface area contributed by atoms with Crippen LogP contribution in [0, 0.1) is 0 Å². The molecule has 1 amide bonds. The predicted molar refractivity (Wildman–Crippen MR) is 119 cm³/mol. The van der Waals surface area contributed by atoms with Crippen LogP contribution in [0.3, 0.4) is 0 Å². The highest BCUT2D eigenvalue weighted by molar-refractivity contribution is 6.06. The molecular weight excluding hydrogens is 435 g/mol. The molecular formula is C22H26F3N7O. The fraction of sp³-hybridized carbons (Fsp3) is 0.455. The molecule has 11 heteroatoms. The number of unbranched alkanes of at least 4 members (excludes halogenated alkanes) is 2. The number of nitrogens with zero attached hydrogens (tertiary/aromatic N) is 4. The van der Waals surface area contributed by atoms with Gasteiger partial charge in [-0.3, -0.25) is 9.48 Å². The Kier molecular flexibility index (Phi) is 6.50. The summed E-state index contributed by atoms with van der Waals surface area (Å²) in [7, 11) is 0. The molecule has 4 N–H and O–H groups in total. The van der Waals surface area contributed by atoms with Crippen LogP contribution in [-0.4, -0.2) is 38.7 Å². The third-order valence-corrected chi connectivity index (χ3v) is 5.59. The molecule has 176 valence electrons. The minimum absolute atomic E-state index is 0.237. The zero-order valence-electron chi connectivity index (χ0n) is 18.2. The Morgan fingerprint density at radius 1 is 1.21 bits per heavy atom. The standard InChI is InChI=1S/C22H26F3N7O/c1-2-3-4-10-32-12-15-18(29-21(27-9-5-8-26)30-19(15)31-32)17-14-11-13(22(23,24)25)6-7-16(14)28-20(17)33/h6-7,11-12,17H,2-5,8-10,26H2,1H3,(H,28,33)(H,27,30,31). The summed E-state index contributed by atoms with van der Waals surface area (Å²) >= 11 is 0. The Labute approximate surface area is 188 Å². The summed E-state index contributed by atoms with van der Waals surface area (Å²) < 4.78 is 41.8. The first-order valence-electron chi connectivity index (χ1n) is 11.0. The molecule has 0 saturated carbocycles. The van der Waals surface area contributed by atoms with Gasteiger partial charge in [0.25, 0.3) is 0 Å². The van der Waals surface area contributed by atoms with Gasteiger partial charge in [0.1, 0.15) is 5.92 Å². The van der Waals surface area contributed by atoms with E-state index in [4.69, 9.17) is 5.73 Å². The van der Waals surface area contributed by atoms with Crippen LogP contribution in [0.1, 0.15) is 55.3 Å². The van der Waals surface area contributed by atoms with Gasteiger partial charge in [0.15, 0.2) is 5.65 Å². The highest BCUT2D eigenvalue weighted by Gasteiger charge is 2.38. The van der Waals surface area contributed by atoms with Gasteiger partial charge in [0, 0.05) is 25.0 Å². The number of amides is 1. The number of hydrogen-bond donors (Lipinski definition) is 3. The number of carbonyl (C=O) groups is 1. The van der Waals surface area contributed by atoms with Crippen molar-refractivity contribution >= 4 is 28.6 Å². The molecule has 8 nitrogen and oxygen atoms in total. The van der Waals surface area contributed by atoms with Crippen molar-refractivity contribution in [2.75, 3.05) is 23.7 Å². The molecule has 1 atom stereocenters. The Morgan fingerprint density at radius 3 is 2.76 bits per heavy atom. The number of fused-ring (bicyclic) bond motifs is 2. The summed E-state index contributed by atoms with van der Waals surface area (Å²) in [5, 5.41) is 10.8. The Hall–Kier alpha value is -3.21. The lowest BCUT2D eigenvalue weighted by Crippen LogP contribution is -2.17. The first-order chi connectivity index (χ1) is 15.8. The maximum atomic E-state index is 13.4. The number of carbonyl (C=O) groups excluding carboxylic acids is 1. The highest BCUT2D eigenvalue weighted by atomic mass is 19.4. The van der Waals surface area contributed by atoms with E-state index in [2.05, 4.69) is 32.6 Å². The highest BCUT2D eigenvalue weighted by Crippen LogP contribution is 2.42. The van der Waals surface area contributed by atoms with E-state index in [0.717, 1.165) is 31.4 Å². The predicted octanol–water partition coefficient (Wildman–Crippen LogP) is 3.88. The number of alkyl halides is 3. The Balaban J connectivity index is 1.80. The molecule has 0 saturated heterocycles. The number of anilines is 2. The van der Waals surface area contributed by atoms with E-state index in [0.29, 0.717) is 48.5 Å². The fourth-order valence-electron chi connectivity index (χ4n) is 3.92. The smallest absolute Gasteiger partial charge is 0.354 e. The normalized spacial score (nSPS) is 15.7. The average Bonchev–Trinajstić information content (AvgIpc) is 3.32. The zero-order valence-corrected chi connectivity index (χ0v) is 18.2. The molecule has 1 aliphatic heterocycles. The van der Waals surface area contributed by atoms with Gasteiger partial charge in [0.05, 0.1) is 16.6 Å². The number of nitrogens with two attached hydrogens (primary N) is 1. The summed E-state index contributed by atoms with van der Waals surface area (Å²) in [6.45, 7) is 3.77. The third-order valence-electron chi connectivity index (χ3n) is 5.59. The second-order valence-electron chi connectivity index (χ2n) is 8.06. The van der Waals surface area contributed by atoms with Crippen molar-refractivity contribution in [3.8, 4) is 0 Å². The van der Waals surface area contributed by atoms with Crippen LogP contribution in [0.15, 0.2) is 24.4 Å². The molecule has 1 aromatic carbocycles. The minimum Gasteiger partial charge on any atom is -0.354 e. The summed E-state index contributed by atoms with van der Waals surface area (Å²) in [5.74, 6) is -1.18. The second kappa shape index (κ2) is 9.34. The van der Waals surface area contributed by atoms with Gasteiger partial charge >= 0.3 is 6.18 Å². The van der Waals surface area contributed by atoms with Crippen molar-refractivity contribution in [3.05, 3.63) is 41.2 Å². The summed E-state index contributed by atoms with van der Waals surface area (Å²) in [6, 6.07) is 3.25. The number of aryl methyl sites for hydroxylation is 1. The first-order valence-corrected chi connectivity index (χ1v) is 11.0. The molecule has 0 fully saturated rings. The lowest BCUT2D eigenvalue weighted by molar-refractivity contribution is -0.137. The van der Waals surface area contributed by atoms with Crippen molar-refractivity contribution in [2.24, 2.45) is 5.73 Å². The molecule has 3 heterocycles. The van der Waals surface area contributed by atoms with Crippen molar-refractivity contribution in [1.82, 2.24) is 19.7 Å². The topological polar surface area (TPSA) is 111 Å². The number of aromatic nitrogens is 4. The van der Waals surface area contributed by atoms with Crippen LogP contribution >= 0.6 is 0 Å². The number of benzene rings is 1. The van der Waals surface area contributed by atoms with Crippen molar-refractivity contribution < 1.29 is 18.0 Å². The van der Waals surface area contributed by atoms with E-state index in [-0.39, 0.29) is 11.5 Å². The van der Waals surface area contributed by atoms with Crippen LogP contribution in [0.2, 0.25) is 0 Å². The van der Waals surface area contributed by atoms with Crippen molar-refractivity contribution in [2.45, 2.75) is 51.2 Å². The lowest BCUT2D eigenvalue weighted by Gasteiger charge is -2.13. The number of rotatable bonds is 9. The van der Waals surface area contributed by atoms with Crippen LogP contribution < -0.4 is 16.4 Å². The molecule has 1 unspecified atom stereocenters. The number of nitrogens with one attached hydrogen (secondary N) is 2. The van der Waals surface area contributed by atoms with Gasteiger partial charge < -0.3 is 16.4 Å². The van der Waals surface area contributed by atoms with Crippen LogP contribution in [0.25, 0.3) is 11.0 Å². The SMILES string of the molecule is CCCCCn1cc2c(C3C(=O)Nc4ccc(C(F)(F)F)cc43)nc(NCCCN)nc2n1. The number of hydrogen-bond acceptors (Lipinski definition) is 6. The number of halogens is 3. The maximum Gasteiger partial charge on any atom is 0.416 e. The van der Waals surface area contributed by atoms with Gasteiger partial charge in [-0.2, -0.15) is 23.3 Å². The van der Waals surface area contributed by atoms with Gasteiger partial charge in [-0.1, -0.05) is 19.8 Å². The second-order valence-corrected chi connectivity index (χ2v) is 8.06. The molecule has 0 bridgehead atoms. The first kappa shape index (κ1) is 23.0. The van der Waals surface area contributed by atoms with E-state index in [9.17, 15) is 18.0 Å². The van der Waals surface area contributed by atoms with E-state index < -0.39 is 23.6 Å². The van der Waals surface area contributed by atoms with E-state index in [1.165, 1.54) is 6.07 Å². The average molecular weight is 461 g/mol. The van der Waals surface area contributed by atoms with Gasteiger partial charge in [-0.25, -0.2) is 4.98 Å². The fourth-order valence-corrected chi connectivity index (χ4v) is 3.92. The molecule has 33 heavy (non-hydrogen) atoms. The van der Waals surface area contributed by atoms with Gasteiger partial charge in [0.2, 0.25) is 11.9 Å². The Bertz CT molecular complexity index is 1160. The molecule has 0 spiro atoms. The molecule has 0 radical (unpaired) electrons. The van der Waals surface area contributed by atoms with Crippen molar-refractivity contribution in [3.63, 3.8) is 0 Å². The van der Waals surface area contributed by atoms with Crippen LogP contribution in [0.5, 0.6) is 0 Å². The lowest BCUT2D eigenvalue weighted by atomic mass is 9.94. The quantitative estimate of drug-likeness (QED) is 0.417. The maximum absolute atomic E-state index is 13.4. The zero-order chi connectivity index (χ0) is 23.6. The summed E-state index contributed by atoms with van der Waals surface area (Å²) in [4.78, 5) is 21.9. The minimum atomic E-state index is -4.52. The largest absolute Gasteiger partial charge is 0.416 e. The monoisotopic (exact) mass is 461 g/mol. The molecule has 1 aliphatic rings. The van der Waals surface area contributed by atoms with Crippen molar-refractivity contribution in [1.29, 1.82) is 0 Å². The third kappa shape index (κ3) is 4.77. The van der Waals surface area contributed by atoms with Gasteiger partial charge in [-0.05, 0) is 43.1 Å². The molecule has 2 aromatic heterocycles. The molecule has 3 aromatic rings. The summed E-state index contributed by atoms with van der Waals surface area (Å²) in [6.07, 6.45) is 0.954. The molecule has 4 rings (SSSR count). The van der Waals surface area contributed by atoms with E-state index in [1.54, 1.807) is 10.9 Å². The Morgan fingerprint density at radius 2 is 2.03 bits per heavy atom. The van der Waals surface area contributed by atoms with Crippen LogP contribution in [-0.2, 0) is 17.5 Å². The summed E-state index contributed by atoms with van der Waals surface area (Å²) in [5.41, 5.74) is 6.04. The van der Waals surface area contributed by atoms with Crippen LogP contribution in [0.4, 0.5) is 24.8 Å². The van der Waals surface area contributed by atoms with E-state index >= 15 is 0 Å². The molecule has 0 aliphatic carbocycles. The van der Waals surface area contributed by atoms with E-state index in [1.807, 2.05) is 0 Å².